The lowest BCUT2D eigenvalue weighted by molar-refractivity contribution is -0.133. The van der Waals surface area contributed by atoms with Crippen molar-refractivity contribution in [1.29, 1.82) is 0 Å². The number of nitrogens with one attached hydrogen (secondary N) is 2. The Morgan fingerprint density at radius 2 is 2.12 bits per heavy atom. The molecule has 4 rings (SSSR count). The van der Waals surface area contributed by atoms with Crippen molar-refractivity contribution < 1.29 is 14.6 Å². The van der Waals surface area contributed by atoms with Crippen molar-refractivity contribution in [3.05, 3.63) is 29.3 Å². The van der Waals surface area contributed by atoms with E-state index in [-0.39, 0.29) is 23.5 Å². The number of ether oxygens (including phenoxy) is 1. The zero-order valence-corrected chi connectivity index (χ0v) is 14.9. The van der Waals surface area contributed by atoms with E-state index >= 15 is 0 Å². The predicted octanol–water partition coefficient (Wildman–Crippen LogP) is 1.94. The minimum Gasteiger partial charge on any atom is -0.493 e. The fraction of sp³-hybridized carbons (Fsp3) is 0.650. The highest BCUT2D eigenvalue weighted by Crippen LogP contribution is 2.41. The number of carbonyl (C=O) groups is 1. The lowest BCUT2D eigenvalue weighted by atomic mass is 9.73. The molecule has 1 saturated heterocycles. The van der Waals surface area contributed by atoms with Gasteiger partial charge in [0, 0.05) is 11.8 Å². The molecule has 3 N–H and O–H groups in total. The highest BCUT2D eigenvalue weighted by molar-refractivity contribution is 5.82. The first-order chi connectivity index (χ1) is 12.0. The Kier molecular flexibility index (Phi) is 4.46. The van der Waals surface area contributed by atoms with Crippen LogP contribution in [0, 0.1) is 11.3 Å². The summed E-state index contributed by atoms with van der Waals surface area (Å²) in [6, 6.07) is 6.26. The summed E-state index contributed by atoms with van der Waals surface area (Å²) in [4.78, 5) is 13.0. The molecule has 25 heavy (non-hydrogen) atoms. The zero-order chi connectivity index (χ0) is 17.4. The molecule has 2 fully saturated rings. The van der Waals surface area contributed by atoms with E-state index in [0.717, 1.165) is 63.1 Å². The van der Waals surface area contributed by atoms with Gasteiger partial charge in [-0.15, -0.1) is 0 Å². The quantitative estimate of drug-likeness (QED) is 0.781. The van der Waals surface area contributed by atoms with Crippen molar-refractivity contribution in [1.82, 2.24) is 10.6 Å². The molecule has 0 spiro atoms. The third kappa shape index (κ3) is 3.27. The normalized spacial score (nSPS) is 28.4. The number of fused-ring (bicyclic) bond motifs is 1. The van der Waals surface area contributed by atoms with Gasteiger partial charge in [0.05, 0.1) is 18.8 Å². The second kappa shape index (κ2) is 6.61. The van der Waals surface area contributed by atoms with Gasteiger partial charge in [0.2, 0.25) is 5.91 Å². The molecular weight excluding hydrogens is 316 g/mol. The predicted molar refractivity (Wildman–Crippen MR) is 95.5 cm³/mol. The topological polar surface area (TPSA) is 70.6 Å². The third-order valence-corrected chi connectivity index (χ3v) is 6.24. The van der Waals surface area contributed by atoms with E-state index in [0.29, 0.717) is 5.92 Å². The smallest absolute Gasteiger partial charge is 0.226 e. The molecule has 1 saturated carbocycles. The standard InChI is InChI=1S/C20H28N2O3/c1-20(5-7-21-8-6-20)19(24)22-18(15-11-16(23)12-15)14-2-3-17-13(10-14)4-9-25-17/h2-3,10,15-16,18,21,23H,4-9,11-12H2,1H3,(H,22,24)/t15?,16?,18-/m1/s1. The zero-order valence-electron chi connectivity index (χ0n) is 14.9. The number of hydrogen-bond acceptors (Lipinski definition) is 4. The number of aliphatic hydroxyl groups excluding tert-OH is 1. The summed E-state index contributed by atoms with van der Waals surface area (Å²) in [6.45, 7) is 4.61. The van der Waals surface area contributed by atoms with Crippen LogP contribution in [0.1, 0.15) is 49.8 Å². The minimum atomic E-state index is -0.300. The Morgan fingerprint density at radius 1 is 1.36 bits per heavy atom. The van der Waals surface area contributed by atoms with Crippen LogP contribution in [0.25, 0.3) is 0 Å². The molecule has 136 valence electrons. The van der Waals surface area contributed by atoms with Gasteiger partial charge in [-0.2, -0.15) is 0 Å². The van der Waals surface area contributed by atoms with Crippen LogP contribution < -0.4 is 15.4 Å². The average Bonchev–Trinajstić information content (AvgIpc) is 3.05. The molecule has 3 aliphatic rings. The lowest BCUT2D eigenvalue weighted by Gasteiger charge is -2.41. The maximum atomic E-state index is 13.0. The molecule has 0 radical (unpaired) electrons. The fourth-order valence-electron chi connectivity index (χ4n) is 4.30. The van der Waals surface area contributed by atoms with E-state index < -0.39 is 0 Å². The first-order valence-electron chi connectivity index (χ1n) is 9.50. The Hall–Kier alpha value is -1.59. The van der Waals surface area contributed by atoms with Crippen molar-refractivity contribution >= 4 is 5.91 Å². The number of hydrogen-bond donors (Lipinski definition) is 3. The monoisotopic (exact) mass is 344 g/mol. The summed E-state index contributed by atoms with van der Waals surface area (Å²) < 4.78 is 5.61. The molecule has 5 nitrogen and oxygen atoms in total. The molecule has 2 aliphatic heterocycles. The van der Waals surface area contributed by atoms with Crippen molar-refractivity contribution in [3.63, 3.8) is 0 Å². The SMILES string of the molecule is CC1(C(=O)N[C@H](c2ccc3c(c2)CCO3)C2CC(O)C2)CCNCC1. The first kappa shape index (κ1) is 16.9. The van der Waals surface area contributed by atoms with Gasteiger partial charge in [-0.3, -0.25) is 4.79 Å². The molecule has 1 aromatic carbocycles. The summed E-state index contributed by atoms with van der Waals surface area (Å²) in [5.74, 6) is 1.43. The Balaban J connectivity index is 1.55. The molecule has 2 heterocycles. The molecular formula is C20H28N2O3. The second-order valence-corrected chi connectivity index (χ2v) is 8.11. The first-order valence-corrected chi connectivity index (χ1v) is 9.50. The van der Waals surface area contributed by atoms with Crippen LogP contribution >= 0.6 is 0 Å². The van der Waals surface area contributed by atoms with Gasteiger partial charge in [0.15, 0.2) is 0 Å². The molecule has 0 unspecified atom stereocenters. The molecule has 0 bridgehead atoms. The van der Waals surface area contributed by atoms with Gasteiger partial charge in [-0.1, -0.05) is 13.0 Å². The summed E-state index contributed by atoms with van der Waals surface area (Å²) in [7, 11) is 0. The molecule has 5 heteroatoms. The van der Waals surface area contributed by atoms with Crippen molar-refractivity contribution in [2.24, 2.45) is 11.3 Å². The number of amides is 1. The van der Waals surface area contributed by atoms with Gasteiger partial charge >= 0.3 is 0 Å². The Bertz CT molecular complexity index is 648. The van der Waals surface area contributed by atoms with E-state index in [2.05, 4.69) is 29.7 Å². The van der Waals surface area contributed by atoms with Crippen molar-refractivity contribution in [3.8, 4) is 5.75 Å². The lowest BCUT2D eigenvalue weighted by Crippen LogP contribution is -2.49. The molecule has 1 atom stereocenters. The van der Waals surface area contributed by atoms with Gasteiger partial charge in [0.1, 0.15) is 5.75 Å². The number of carbonyl (C=O) groups excluding carboxylic acids is 1. The summed E-state index contributed by atoms with van der Waals surface area (Å²) in [5, 5.41) is 16.4. The molecule has 0 aromatic heterocycles. The molecule has 1 aromatic rings. The van der Waals surface area contributed by atoms with Crippen LogP contribution in [0.5, 0.6) is 5.75 Å². The largest absolute Gasteiger partial charge is 0.493 e. The Morgan fingerprint density at radius 3 is 2.84 bits per heavy atom. The van der Waals surface area contributed by atoms with Gasteiger partial charge in [0.25, 0.3) is 0 Å². The number of benzene rings is 1. The number of piperidine rings is 1. The highest BCUT2D eigenvalue weighted by Gasteiger charge is 2.40. The molecule has 1 amide bonds. The fourth-order valence-corrected chi connectivity index (χ4v) is 4.30. The van der Waals surface area contributed by atoms with Crippen LogP contribution in [0.15, 0.2) is 18.2 Å². The summed E-state index contributed by atoms with van der Waals surface area (Å²) in [5.41, 5.74) is 2.07. The van der Waals surface area contributed by atoms with E-state index in [9.17, 15) is 9.90 Å². The maximum Gasteiger partial charge on any atom is 0.226 e. The molecule has 1 aliphatic carbocycles. The minimum absolute atomic E-state index is 0.0199. The third-order valence-electron chi connectivity index (χ3n) is 6.24. The van der Waals surface area contributed by atoms with Crippen LogP contribution in [0.3, 0.4) is 0 Å². The van der Waals surface area contributed by atoms with E-state index in [4.69, 9.17) is 4.74 Å². The van der Waals surface area contributed by atoms with Crippen molar-refractivity contribution in [2.45, 2.75) is 51.2 Å². The number of rotatable bonds is 4. The van der Waals surface area contributed by atoms with Crippen LogP contribution in [0.2, 0.25) is 0 Å². The van der Waals surface area contributed by atoms with Gasteiger partial charge < -0.3 is 20.5 Å². The summed E-state index contributed by atoms with van der Waals surface area (Å²) in [6.07, 6.45) is 3.97. The number of aliphatic hydroxyl groups is 1. The average molecular weight is 344 g/mol. The van der Waals surface area contributed by atoms with E-state index in [1.807, 2.05) is 6.07 Å². The van der Waals surface area contributed by atoms with E-state index in [1.165, 1.54) is 5.56 Å². The van der Waals surface area contributed by atoms with Crippen LogP contribution in [0.4, 0.5) is 0 Å². The maximum absolute atomic E-state index is 13.0. The summed E-state index contributed by atoms with van der Waals surface area (Å²) >= 11 is 0. The highest BCUT2D eigenvalue weighted by atomic mass is 16.5. The Labute approximate surface area is 149 Å². The van der Waals surface area contributed by atoms with Crippen LogP contribution in [-0.2, 0) is 11.2 Å². The van der Waals surface area contributed by atoms with Crippen LogP contribution in [-0.4, -0.2) is 36.8 Å². The van der Waals surface area contributed by atoms with Gasteiger partial charge in [-0.25, -0.2) is 0 Å². The van der Waals surface area contributed by atoms with Gasteiger partial charge in [-0.05, 0) is 68.0 Å². The second-order valence-electron chi connectivity index (χ2n) is 8.11. The van der Waals surface area contributed by atoms with Crippen molar-refractivity contribution in [2.75, 3.05) is 19.7 Å². The van der Waals surface area contributed by atoms with E-state index in [1.54, 1.807) is 0 Å².